The molecule has 0 unspecified atom stereocenters. The molecule has 0 amide bonds. The van der Waals surface area contributed by atoms with Crippen LogP contribution in [0.4, 0.5) is 0 Å². The van der Waals surface area contributed by atoms with E-state index in [4.69, 9.17) is 4.74 Å². The summed E-state index contributed by atoms with van der Waals surface area (Å²) in [4.78, 5) is 17.6. The van der Waals surface area contributed by atoms with Crippen molar-refractivity contribution in [3.63, 3.8) is 0 Å². The molecule has 0 saturated carbocycles. The Morgan fingerprint density at radius 3 is 2.18 bits per heavy atom. The van der Waals surface area contributed by atoms with Gasteiger partial charge in [-0.05, 0) is 40.5 Å². The number of carboxylic acids is 1. The molecule has 0 radical (unpaired) electrons. The smallest absolute Gasteiger partial charge is 0.345 e. The molecular formula is C33H25NO3S2. The van der Waals surface area contributed by atoms with Crippen LogP contribution in [0, 0.1) is 0 Å². The molecule has 0 bridgehead atoms. The Morgan fingerprint density at radius 2 is 1.49 bits per heavy atom. The highest BCUT2D eigenvalue weighted by Crippen LogP contribution is 2.40. The standard InChI is InChI=1S/C33H25NO3S2/c35-33(36)28(20-22-6-2-1-3-7-22)37-26-16-14-24(15-17-26)23-10-12-25(13-11-23)32-27-8-4-5-9-29(27)39-30(32)21-31-34-18-19-38-31/h1-19,28H,20-21H2,(H,35,36)/t28-/m1/s1. The molecule has 1 atom stereocenters. The lowest BCUT2D eigenvalue weighted by molar-refractivity contribution is -0.145. The molecule has 2 heterocycles. The third-order valence-corrected chi connectivity index (χ3v) is 8.59. The first-order chi connectivity index (χ1) is 19.1. The predicted molar refractivity (Wildman–Crippen MR) is 160 cm³/mol. The maximum atomic E-state index is 11.8. The van der Waals surface area contributed by atoms with Gasteiger partial charge in [0.1, 0.15) is 5.75 Å². The summed E-state index contributed by atoms with van der Waals surface area (Å²) in [6.45, 7) is 0. The molecule has 4 aromatic carbocycles. The molecule has 0 spiro atoms. The summed E-state index contributed by atoms with van der Waals surface area (Å²) in [6.07, 6.45) is 2.05. The summed E-state index contributed by atoms with van der Waals surface area (Å²) >= 11 is 3.53. The van der Waals surface area contributed by atoms with Crippen LogP contribution < -0.4 is 4.74 Å². The minimum Gasteiger partial charge on any atom is -0.478 e. The topological polar surface area (TPSA) is 59.4 Å². The van der Waals surface area contributed by atoms with Gasteiger partial charge in [0.05, 0.1) is 5.01 Å². The van der Waals surface area contributed by atoms with Gasteiger partial charge in [-0.1, -0.05) is 84.9 Å². The Morgan fingerprint density at radius 1 is 0.821 bits per heavy atom. The maximum Gasteiger partial charge on any atom is 0.345 e. The summed E-state index contributed by atoms with van der Waals surface area (Å²) in [7, 11) is 0. The predicted octanol–water partition coefficient (Wildman–Crippen LogP) is 8.36. The minimum atomic E-state index is -0.978. The van der Waals surface area contributed by atoms with E-state index in [1.165, 1.54) is 26.1 Å². The van der Waals surface area contributed by atoms with Crippen LogP contribution in [0.15, 0.2) is 115 Å². The third kappa shape index (κ3) is 5.62. The van der Waals surface area contributed by atoms with E-state index in [1.54, 1.807) is 11.3 Å². The molecule has 192 valence electrons. The average molecular weight is 548 g/mol. The fraction of sp³-hybridized carbons (Fsp3) is 0.0909. The summed E-state index contributed by atoms with van der Waals surface area (Å²) < 4.78 is 7.12. The van der Waals surface area contributed by atoms with Crippen molar-refractivity contribution in [1.82, 2.24) is 4.98 Å². The zero-order chi connectivity index (χ0) is 26.6. The molecule has 0 aliphatic rings. The number of hydrogen-bond acceptors (Lipinski definition) is 5. The number of fused-ring (bicyclic) bond motifs is 1. The molecule has 6 heteroatoms. The van der Waals surface area contributed by atoms with Gasteiger partial charge in [-0.25, -0.2) is 9.78 Å². The van der Waals surface area contributed by atoms with Crippen molar-refractivity contribution < 1.29 is 14.6 Å². The molecule has 2 aromatic heterocycles. The summed E-state index contributed by atoms with van der Waals surface area (Å²) in [6, 6.07) is 34.3. The number of aromatic nitrogens is 1. The highest BCUT2D eigenvalue weighted by molar-refractivity contribution is 7.20. The monoisotopic (exact) mass is 547 g/mol. The molecule has 0 aliphatic heterocycles. The van der Waals surface area contributed by atoms with E-state index in [2.05, 4.69) is 53.5 Å². The number of carbonyl (C=O) groups is 1. The van der Waals surface area contributed by atoms with E-state index in [1.807, 2.05) is 77.5 Å². The lowest BCUT2D eigenvalue weighted by Gasteiger charge is -2.15. The summed E-state index contributed by atoms with van der Waals surface area (Å²) in [5.41, 5.74) is 5.52. The molecule has 6 aromatic rings. The number of rotatable bonds is 9. The Balaban J connectivity index is 1.22. The quantitative estimate of drug-likeness (QED) is 0.198. The lowest BCUT2D eigenvalue weighted by atomic mass is 9.97. The first-order valence-corrected chi connectivity index (χ1v) is 14.4. The normalized spacial score (nSPS) is 11.9. The van der Waals surface area contributed by atoms with E-state index in [0.29, 0.717) is 12.2 Å². The Bertz CT molecular complexity index is 1690. The average Bonchev–Trinajstić information content (AvgIpc) is 3.61. The van der Waals surface area contributed by atoms with Crippen LogP contribution in [0.5, 0.6) is 5.75 Å². The summed E-state index contributed by atoms with van der Waals surface area (Å²) in [5.74, 6) is -0.441. The van der Waals surface area contributed by atoms with Gasteiger partial charge in [0.25, 0.3) is 0 Å². The van der Waals surface area contributed by atoms with Crippen molar-refractivity contribution in [2.45, 2.75) is 18.9 Å². The van der Waals surface area contributed by atoms with Crippen LogP contribution >= 0.6 is 22.7 Å². The second-order valence-electron chi connectivity index (χ2n) is 9.24. The number of hydrogen-bond donors (Lipinski definition) is 1. The van der Waals surface area contributed by atoms with E-state index in [9.17, 15) is 9.90 Å². The molecule has 0 saturated heterocycles. The van der Waals surface area contributed by atoms with Crippen LogP contribution in [0.3, 0.4) is 0 Å². The number of aliphatic carboxylic acids is 1. The van der Waals surface area contributed by atoms with Crippen molar-refractivity contribution >= 4 is 38.7 Å². The van der Waals surface area contributed by atoms with E-state index in [0.717, 1.165) is 28.1 Å². The number of thiophene rings is 1. The minimum absolute atomic E-state index is 0.307. The number of nitrogens with zero attached hydrogens (tertiary/aromatic N) is 1. The number of carboxylic acid groups (broad SMARTS) is 1. The fourth-order valence-electron chi connectivity index (χ4n) is 4.74. The Hall–Kier alpha value is -4.26. The Kier molecular flexibility index (Phi) is 7.21. The largest absolute Gasteiger partial charge is 0.478 e. The molecule has 0 fully saturated rings. The van der Waals surface area contributed by atoms with Gasteiger partial charge < -0.3 is 9.84 Å². The highest BCUT2D eigenvalue weighted by atomic mass is 32.1. The number of thiazole rings is 1. The molecular weight excluding hydrogens is 523 g/mol. The van der Waals surface area contributed by atoms with Crippen molar-refractivity contribution in [1.29, 1.82) is 0 Å². The lowest BCUT2D eigenvalue weighted by Crippen LogP contribution is -2.29. The fourth-order valence-corrected chi connectivity index (χ4v) is 6.69. The van der Waals surface area contributed by atoms with Gasteiger partial charge in [-0.3, -0.25) is 0 Å². The second-order valence-corrected chi connectivity index (χ2v) is 11.4. The van der Waals surface area contributed by atoms with Crippen LogP contribution in [0.25, 0.3) is 32.3 Å². The zero-order valence-electron chi connectivity index (χ0n) is 21.0. The van der Waals surface area contributed by atoms with Gasteiger partial charge in [0.2, 0.25) is 0 Å². The van der Waals surface area contributed by atoms with Crippen molar-refractivity contribution in [2.24, 2.45) is 0 Å². The Labute approximate surface area is 234 Å². The molecule has 1 N–H and O–H groups in total. The summed E-state index contributed by atoms with van der Waals surface area (Å²) in [5, 5.41) is 14.1. The molecule has 4 nitrogen and oxygen atoms in total. The number of benzene rings is 4. The van der Waals surface area contributed by atoms with Crippen LogP contribution in [0.2, 0.25) is 0 Å². The van der Waals surface area contributed by atoms with Crippen molar-refractivity contribution in [2.75, 3.05) is 0 Å². The third-order valence-electron chi connectivity index (χ3n) is 6.64. The van der Waals surface area contributed by atoms with E-state index >= 15 is 0 Å². The first-order valence-electron chi connectivity index (χ1n) is 12.7. The van der Waals surface area contributed by atoms with E-state index in [-0.39, 0.29) is 0 Å². The van der Waals surface area contributed by atoms with Crippen molar-refractivity contribution in [3.05, 3.63) is 130 Å². The second kappa shape index (κ2) is 11.2. The maximum absolute atomic E-state index is 11.8. The van der Waals surface area contributed by atoms with Gasteiger partial charge >= 0.3 is 5.97 Å². The molecule has 0 aliphatic carbocycles. The molecule has 6 rings (SSSR count). The zero-order valence-corrected chi connectivity index (χ0v) is 22.6. The van der Waals surface area contributed by atoms with Gasteiger partial charge in [-0.15, -0.1) is 22.7 Å². The van der Waals surface area contributed by atoms with Crippen LogP contribution in [-0.4, -0.2) is 22.2 Å². The van der Waals surface area contributed by atoms with Gasteiger partial charge in [0.15, 0.2) is 6.10 Å². The number of ether oxygens (including phenoxy) is 1. The van der Waals surface area contributed by atoms with Crippen LogP contribution in [0.1, 0.15) is 15.4 Å². The SMILES string of the molecule is O=C(O)[C@@H](Cc1ccccc1)Oc1ccc(-c2ccc(-c3c(Cc4nccs4)sc4ccccc34)cc2)cc1. The molecule has 39 heavy (non-hydrogen) atoms. The van der Waals surface area contributed by atoms with Gasteiger partial charge in [-0.2, -0.15) is 0 Å². The van der Waals surface area contributed by atoms with Crippen LogP contribution in [-0.2, 0) is 17.6 Å². The highest BCUT2D eigenvalue weighted by Gasteiger charge is 2.20. The van der Waals surface area contributed by atoms with Crippen molar-refractivity contribution in [3.8, 4) is 28.0 Å². The van der Waals surface area contributed by atoms with E-state index < -0.39 is 12.1 Å². The van der Waals surface area contributed by atoms with Gasteiger partial charge in [0, 0.05) is 44.9 Å². The first kappa shape index (κ1) is 25.0.